The van der Waals surface area contributed by atoms with Gasteiger partial charge in [0.05, 0.1) is 12.6 Å². The molecule has 0 saturated carbocycles. The predicted molar refractivity (Wildman–Crippen MR) is 97.8 cm³/mol. The van der Waals surface area contributed by atoms with E-state index in [0.29, 0.717) is 6.10 Å². The molecule has 4 rings (SSSR count). The zero-order valence-electron chi connectivity index (χ0n) is 15.0. The lowest BCUT2D eigenvalue weighted by Gasteiger charge is -2.37. The number of carbonyl (C=O) groups excluding carboxylic acids is 1. The molecule has 4 heterocycles. The van der Waals surface area contributed by atoms with Crippen LogP contribution in [0.4, 0.5) is 4.79 Å². The Hall–Kier alpha value is -1.11. The van der Waals surface area contributed by atoms with E-state index < -0.39 is 0 Å². The Kier molecular flexibility index (Phi) is 5.02. The average Bonchev–Trinajstić information content (AvgIpc) is 3.23. The van der Waals surface area contributed by atoms with Gasteiger partial charge in [0.2, 0.25) is 0 Å². The number of rotatable bonds is 4. The third kappa shape index (κ3) is 3.71. The van der Waals surface area contributed by atoms with Crippen LogP contribution in [0, 0.1) is 0 Å². The fourth-order valence-corrected chi connectivity index (χ4v) is 5.29. The second-order valence-electron chi connectivity index (χ2n) is 7.50. The van der Waals surface area contributed by atoms with Crippen LogP contribution in [0.15, 0.2) is 12.1 Å². The van der Waals surface area contributed by atoms with Gasteiger partial charge >= 0.3 is 6.09 Å². The maximum absolute atomic E-state index is 11.9. The highest BCUT2D eigenvalue weighted by Crippen LogP contribution is 2.35. The number of nitrogens with zero attached hydrogens (tertiary/aromatic N) is 2. The largest absolute Gasteiger partial charge is 0.441 e. The summed E-state index contributed by atoms with van der Waals surface area (Å²) in [6, 6.07) is 4.51. The van der Waals surface area contributed by atoms with Crippen LogP contribution in [0.5, 0.6) is 0 Å². The van der Waals surface area contributed by atoms with Crippen molar-refractivity contribution >= 4 is 17.4 Å². The van der Waals surface area contributed by atoms with E-state index in [-0.39, 0.29) is 11.7 Å². The van der Waals surface area contributed by atoms with Gasteiger partial charge in [-0.1, -0.05) is 0 Å². The van der Waals surface area contributed by atoms with Crippen molar-refractivity contribution in [3.8, 4) is 0 Å². The molecule has 0 aromatic carbocycles. The van der Waals surface area contributed by atoms with Crippen LogP contribution in [0.2, 0.25) is 0 Å². The number of likely N-dealkylation sites (tertiary alicyclic amines) is 1. The van der Waals surface area contributed by atoms with E-state index in [1.807, 2.05) is 23.2 Å². The molecule has 3 aliphatic heterocycles. The summed E-state index contributed by atoms with van der Waals surface area (Å²) in [7, 11) is 0. The third-order valence-corrected chi connectivity index (χ3v) is 6.91. The quantitative estimate of drug-likeness (QED) is 0.815. The highest BCUT2D eigenvalue weighted by Gasteiger charge is 2.46. The Balaban J connectivity index is 1.30. The highest BCUT2D eigenvalue weighted by molar-refractivity contribution is 7.12. The SMILES string of the molecule is CCN1CC2(CCN(Cc3ccc([C@@H]4CCCCO4)s3)CC2)OC1=O. The Morgan fingerprint density at radius 3 is 2.80 bits per heavy atom. The van der Waals surface area contributed by atoms with Gasteiger partial charge in [0.1, 0.15) is 5.60 Å². The summed E-state index contributed by atoms with van der Waals surface area (Å²) in [5.41, 5.74) is -0.236. The van der Waals surface area contributed by atoms with E-state index in [0.717, 1.165) is 58.6 Å². The molecule has 3 saturated heterocycles. The van der Waals surface area contributed by atoms with Crippen molar-refractivity contribution in [2.75, 3.05) is 32.8 Å². The van der Waals surface area contributed by atoms with Crippen molar-refractivity contribution in [3.05, 3.63) is 21.9 Å². The fraction of sp³-hybridized carbons (Fsp3) is 0.737. The number of carbonyl (C=O) groups is 1. The monoisotopic (exact) mass is 364 g/mol. The van der Waals surface area contributed by atoms with E-state index in [2.05, 4.69) is 17.0 Å². The second kappa shape index (κ2) is 7.25. The molecule has 6 heteroatoms. The number of thiophene rings is 1. The van der Waals surface area contributed by atoms with Gasteiger partial charge in [-0.2, -0.15) is 0 Å². The molecular formula is C19H28N2O3S. The molecule has 3 fully saturated rings. The topological polar surface area (TPSA) is 42.0 Å². The standard InChI is InChI=1S/C19H28N2O3S/c1-2-21-14-19(24-18(21)22)8-10-20(11-9-19)13-15-6-7-17(25-15)16-5-3-4-12-23-16/h6-7,16H,2-5,8-14H2,1H3/t16-/m0/s1. The van der Waals surface area contributed by atoms with Crippen molar-refractivity contribution < 1.29 is 14.3 Å². The van der Waals surface area contributed by atoms with Gasteiger partial charge in [-0.15, -0.1) is 11.3 Å². The molecule has 3 aliphatic rings. The summed E-state index contributed by atoms with van der Waals surface area (Å²) in [6.07, 6.45) is 5.70. The maximum atomic E-state index is 11.9. The number of amides is 1. The first-order valence-corrected chi connectivity index (χ1v) is 10.4. The van der Waals surface area contributed by atoms with Gasteiger partial charge in [-0.3, -0.25) is 4.90 Å². The van der Waals surface area contributed by atoms with E-state index in [1.165, 1.54) is 22.6 Å². The maximum Gasteiger partial charge on any atom is 0.410 e. The normalized spacial score (nSPS) is 27.0. The zero-order valence-corrected chi connectivity index (χ0v) is 15.9. The van der Waals surface area contributed by atoms with Crippen molar-refractivity contribution in [1.82, 2.24) is 9.80 Å². The molecule has 1 amide bonds. The van der Waals surface area contributed by atoms with Gasteiger partial charge in [0, 0.05) is 55.4 Å². The van der Waals surface area contributed by atoms with Crippen LogP contribution >= 0.6 is 11.3 Å². The van der Waals surface area contributed by atoms with Crippen LogP contribution in [0.25, 0.3) is 0 Å². The number of likely N-dealkylation sites (N-methyl/N-ethyl adjacent to an activating group) is 1. The van der Waals surface area contributed by atoms with Crippen molar-refractivity contribution in [2.45, 2.75) is 57.3 Å². The molecule has 1 aromatic rings. The van der Waals surface area contributed by atoms with Crippen LogP contribution in [0.1, 0.15) is 54.9 Å². The van der Waals surface area contributed by atoms with Crippen molar-refractivity contribution in [3.63, 3.8) is 0 Å². The lowest BCUT2D eigenvalue weighted by molar-refractivity contribution is -0.00100. The molecule has 5 nitrogen and oxygen atoms in total. The average molecular weight is 365 g/mol. The molecular weight excluding hydrogens is 336 g/mol. The first-order valence-electron chi connectivity index (χ1n) is 9.58. The second-order valence-corrected chi connectivity index (χ2v) is 8.70. The zero-order chi connectivity index (χ0) is 17.3. The summed E-state index contributed by atoms with van der Waals surface area (Å²) in [6.45, 7) is 7.41. The smallest absolute Gasteiger partial charge is 0.410 e. The first-order chi connectivity index (χ1) is 12.2. The summed E-state index contributed by atoms with van der Waals surface area (Å²) in [5.74, 6) is 0. The fourth-order valence-electron chi connectivity index (χ4n) is 4.15. The molecule has 25 heavy (non-hydrogen) atoms. The number of hydrogen-bond donors (Lipinski definition) is 0. The van der Waals surface area contributed by atoms with Crippen LogP contribution in [0.3, 0.4) is 0 Å². The van der Waals surface area contributed by atoms with Gasteiger partial charge < -0.3 is 14.4 Å². The molecule has 0 radical (unpaired) electrons. The van der Waals surface area contributed by atoms with E-state index in [4.69, 9.17) is 9.47 Å². The molecule has 0 unspecified atom stereocenters. The van der Waals surface area contributed by atoms with Gasteiger partial charge in [0.15, 0.2) is 0 Å². The minimum atomic E-state index is -0.236. The summed E-state index contributed by atoms with van der Waals surface area (Å²) in [4.78, 5) is 19.0. The number of piperidine rings is 1. The van der Waals surface area contributed by atoms with Crippen LogP contribution in [-0.4, -0.2) is 54.3 Å². The van der Waals surface area contributed by atoms with Crippen LogP contribution < -0.4 is 0 Å². The lowest BCUT2D eigenvalue weighted by Crippen LogP contribution is -2.46. The summed E-state index contributed by atoms with van der Waals surface area (Å²) in [5, 5.41) is 0. The Morgan fingerprint density at radius 1 is 1.28 bits per heavy atom. The van der Waals surface area contributed by atoms with E-state index in [1.54, 1.807) is 0 Å². The molecule has 1 spiro atoms. The van der Waals surface area contributed by atoms with Crippen molar-refractivity contribution in [2.24, 2.45) is 0 Å². The predicted octanol–water partition coefficient (Wildman–Crippen LogP) is 3.80. The molecule has 1 aromatic heterocycles. The highest BCUT2D eigenvalue weighted by atomic mass is 32.1. The van der Waals surface area contributed by atoms with E-state index >= 15 is 0 Å². The number of hydrogen-bond acceptors (Lipinski definition) is 5. The number of ether oxygens (including phenoxy) is 2. The van der Waals surface area contributed by atoms with Gasteiger partial charge in [-0.05, 0) is 38.3 Å². The van der Waals surface area contributed by atoms with E-state index in [9.17, 15) is 4.79 Å². The minimum Gasteiger partial charge on any atom is -0.441 e. The Bertz CT molecular complexity index is 604. The summed E-state index contributed by atoms with van der Waals surface area (Å²) < 4.78 is 11.6. The molecule has 0 bridgehead atoms. The Morgan fingerprint density at radius 2 is 2.12 bits per heavy atom. The van der Waals surface area contributed by atoms with Crippen LogP contribution in [-0.2, 0) is 16.0 Å². The third-order valence-electron chi connectivity index (χ3n) is 5.75. The first kappa shape index (κ1) is 17.3. The summed E-state index contributed by atoms with van der Waals surface area (Å²) >= 11 is 1.90. The lowest BCUT2D eigenvalue weighted by atomic mass is 9.91. The molecule has 0 N–H and O–H groups in total. The van der Waals surface area contributed by atoms with Gasteiger partial charge in [-0.25, -0.2) is 4.79 Å². The Labute approximate surface area is 153 Å². The van der Waals surface area contributed by atoms with Crippen molar-refractivity contribution in [1.29, 1.82) is 0 Å². The molecule has 138 valence electrons. The molecule has 0 aliphatic carbocycles. The minimum absolute atomic E-state index is 0.133. The molecule has 1 atom stereocenters. The van der Waals surface area contributed by atoms with Gasteiger partial charge in [0.25, 0.3) is 0 Å².